The summed E-state index contributed by atoms with van der Waals surface area (Å²) in [5.41, 5.74) is 19.3. The summed E-state index contributed by atoms with van der Waals surface area (Å²) in [6.45, 7) is 0.518. The average molecular weight is 914 g/mol. The Balaban J connectivity index is 1.03. The van der Waals surface area contributed by atoms with E-state index < -0.39 is 0 Å². The molecule has 71 heavy (non-hydrogen) atoms. The number of rotatable bonds is 9. The molecule has 0 aliphatic carbocycles. The van der Waals surface area contributed by atoms with Gasteiger partial charge in [-0.3, -0.25) is 4.79 Å². The maximum absolute atomic E-state index is 14.5. The molecule has 6 aromatic carbocycles. The Kier molecular flexibility index (Phi) is 11.0. The van der Waals surface area contributed by atoms with Gasteiger partial charge in [0.25, 0.3) is 5.91 Å². The lowest BCUT2D eigenvalue weighted by Crippen LogP contribution is -2.13. The van der Waals surface area contributed by atoms with Crippen molar-refractivity contribution >= 4 is 58.0 Å². The Morgan fingerprint density at radius 1 is 0.521 bits per heavy atom. The van der Waals surface area contributed by atoms with Crippen molar-refractivity contribution in [1.29, 1.82) is 0 Å². The molecule has 0 fully saturated rings. The van der Waals surface area contributed by atoms with Gasteiger partial charge in [0.1, 0.15) is 0 Å². The Hall–Kier alpha value is -9.84. The summed E-state index contributed by atoms with van der Waals surface area (Å²) in [7, 11) is 0. The number of aromatic amines is 2. The number of terminal acetylenes is 1. The minimum Gasteiger partial charge on any atom is -0.354 e. The number of hydrogen-bond acceptors (Lipinski definition) is 4. The quantitative estimate of drug-likeness (QED) is 0.125. The first-order chi connectivity index (χ1) is 35.0. The molecule has 0 atom stereocenters. The summed E-state index contributed by atoms with van der Waals surface area (Å²) < 4.78 is 2.07. The number of anilines is 1. The van der Waals surface area contributed by atoms with Crippen LogP contribution in [-0.2, 0) is 6.54 Å². The van der Waals surface area contributed by atoms with Crippen LogP contribution >= 0.6 is 0 Å². The zero-order valence-electron chi connectivity index (χ0n) is 38.3. The zero-order valence-corrected chi connectivity index (χ0v) is 38.3. The molecule has 1 amide bonds. The van der Waals surface area contributed by atoms with Crippen LogP contribution in [-0.4, -0.2) is 35.4 Å². The first-order valence-corrected chi connectivity index (χ1v) is 23.4. The lowest BCUT2D eigenvalue weighted by atomic mass is 10.0. The number of H-pyrrole nitrogens is 2. The number of amides is 1. The molecule has 0 saturated carbocycles. The summed E-state index contributed by atoms with van der Waals surface area (Å²) in [6.07, 6.45) is 17.6. The molecule has 0 radical (unpaired) electrons. The van der Waals surface area contributed by atoms with E-state index in [1.807, 2.05) is 97.2 Å². The number of carbonyl (C=O) groups excluding carboxylic acids is 1. The normalized spacial score (nSPS) is 11.6. The molecule has 4 aromatic heterocycles. The highest BCUT2D eigenvalue weighted by Gasteiger charge is 2.21. The van der Waals surface area contributed by atoms with Crippen molar-refractivity contribution in [3.63, 3.8) is 0 Å². The molecule has 0 unspecified atom stereocenters. The molecule has 2 aliphatic rings. The third kappa shape index (κ3) is 8.24. The highest BCUT2D eigenvalue weighted by atomic mass is 16.1. The van der Waals surface area contributed by atoms with Gasteiger partial charge in [-0.25, -0.2) is 15.0 Å². The summed E-state index contributed by atoms with van der Waals surface area (Å²) in [6, 6.07) is 63.1. The van der Waals surface area contributed by atoms with E-state index in [0.29, 0.717) is 17.8 Å². The molecule has 8 heteroatoms. The Morgan fingerprint density at radius 3 is 1.55 bits per heavy atom. The average Bonchev–Trinajstić information content (AvgIpc) is 4.30. The Labute approximate surface area is 410 Å². The second kappa shape index (κ2) is 18.3. The van der Waals surface area contributed by atoms with Crippen molar-refractivity contribution < 1.29 is 4.79 Å². The third-order valence-electron chi connectivity index (χ3n) is 13.0. The van der Waals surface area contributed by atoms with Gasteiger partial charge in [0.05, 0.1) is 41.0 Å². The molecule has 12 rings (SSSR count). The van der Waals surface area contributed by atoms with E-state index in [0.717, 1.165) is 112 Å². The number of nitrogens with zero attached hydrogens (tertiary/aromatic N) is 4. The van der Waals surface area contributed by atoms with Crippen LogP contribution in [0.25, 0.3) is 102 Å². The number of carbonyl (C=O) groups is 1. The fourth-order valence-electron chi connectivity index (χ4n) is 9.65. The molecular weight excluding hydrogens is 871 g/mol. The Bertz CT molecular complexity index is 3910. The molecule has 2 aliphatic heterocycles. The number of aromatic nitrogens is 6. The predicted octanol–water partition coefficient (Wildman–Crippen LogP) is 14.5. The topological polar surface area (TPSA) is 104 Å². The van der Waals surface area contributed by atoms with Gasteiger partial charge in [-0.2, -0.15) is 0 Å². The fraction of sp³-hybridized carbons (Fsp3) is 0.0159. The van der Waals surface area contributed by atoms with E-state index in [4.69, 9.17) is 16.4 Å². The van der Waals surface area contributed by atoms with Gasteiger partial charge in [0.15, 0.2) is 0 Å². The van der Waals surface area contributed by atoms with Gasteiger partial charge in [-0.05, 0) is 107 Å². The lowest BCUT2D eigenvalue weighted by molar-refractivity contribution is 0.102. The van der Waals surface area contributed by atoms with Gasteiger partial charge < -0.3 is 19.9 Å². The van der Waals surface area contributed by atoms with Crippen LogP contribution in [0, 0.1) is 12.3 Å². The van der Waals surface area contributed by atoms with Crippen molar-refractivity contribution in [2.75, 3.05) is 5.32 Å². The van der Waals surface area contributed by atoms with Gasteiger partial charge >= 0.3 is 0 Å². The van der Waals surface area contributed by atoms with Crippen LogP contribution in [0.5, 0.6) is 0 Å². The maximum Gasteiger partial charge on any atom is 0.255 e. The molecule has 0 saturated heterocycles. The molecule has 8 nitrogen and oxygen atoms in total. The second-order valence-electron chi connectivity index (χ2n) is 17.4. The number of nitrogens with one attached hydrogen (secondary N) is 3. The summed E-state index contributed by atoms with van der Waals surface area (Å²) in [5.74, 6) is 2.44. The van der Waals surface area contributed by atoms with E-state index >= 15 is 0 Å². The smallest absolute Gasteiger partial charge is 0.255 e. The summed E-state index contributed by atoms with van der Waals surface area (Å²) >= 11 is 0. The minimum atomic E-state index is -0.237. The summed E-state index contributed by atoms with van der Waals surface area (Å²) in [5, 5.41) is 3.30. The first kappa shape index (κ1) is 42.5. The van der Waals surface area contributed by atoms with Crippen molar-refractivity contribution in [3.8, 4) is 68.1 Å². The first-order valence-electron chi connectivity index (χ1n) is 23.4. The monoisotopic (exact) mass is 913 g/mol. The molecular formula is C63H43N7O. The van der Waals surface area contributed by atoms with E-state index in [1.54, 1.807) is 6.33 Å². The fourth-order valence-corrected chi connectivity index (χ4v) is 9.65. The van der Waals surface area contributed by atoms with Crippen molar-refractivity contribution in [3.05, 3.63) is 240 Å². The molecule has 10 aromatic rings. The van der Waals surface area contributed by atoms with Crippen LogP contribution in [0.15, 0.2) is 201 Å². The highest BCUT2D eigenvalue weighted by molar-refractivity contribution is 6.08. The largest absolute Gasteiger partial charge is 0.354 e. The van der Waals surface area contributed by atoms with Crippen molar-refractivity contribution in [2.24, 2.45) is 0 Å². The lowest BCUT2D eigenvalue weighted by Gasteiger charge is -2.14. The molecule has 8 bridgehead atoms. The van der Waals surface area contributed by atoms with Crippen LogP contribution < -0.4 is 5.32 Å². The second-order valence-corrected chi connectivity index (χ2v) is 17.4. The minimum absolute atomic E-state index is 0.237. The van der Waals surface area contributed by atoms with E-state index in [1.165, 1.54) is 0 Å². The predicted molar refractivity (Wildman–Crippen MR) is 290 cm³/mol. The van der Waals surface area contributed by atoms with Crippen LogP contribution in [0.3, 0.4) is 0 Å². The maximum atomic E-state index is 14.5. The number of para-hydroxylation sites is 1. The van der Waals surface area contributed by atoms with Crippen molar-refractivity contribution in [1.82, 2.24) is 29.5 Å². The number of hydrogen-bond donors (Lipinski definition) is 3. The summed E-state index contributed by atoms with van der Waals surface area (Å²) in [4.78, 5) is 37.5. The van der Waals surface area contributed by atoms with Crippen LogP contribution in [0.1, 0.15) is 44.3 Å². The van der Waals surface area contributed by atoms with Crippen LogP contribution in [0.4, 0.5) is 5.69 Å². The highest BCUT2D eigenvalue weighted by Crippen LogP contribution is 2.40. The van der Waals surface area contributed by atoms with Crippen LogP contribution in [0.2, 0.25) is 0 Å². The molecule has 6 heterocycles. The SMILES string of the molecule is C#Cc1ccc(-c2cncn2Cc2cccc(C(=O)Nc3ccccc3-c3c4nc(c(-c5ccccc5)c5ccc([nH]5)c(-c5ccccc5)c5nc(c(-c6ccccc6)c6ccc3[nH]6)C=C5)C=C4)c2)cc1. The third-order valence-corrected chi connectivity index (χ3v) is 13.0. The number of benzene rings is 6. The Morgan fingerprint density at radius 2 is 1.01 bits per heavy atom. The number of fused-ring (bicyclic) bond motifs is 8. The van der Waals surface area contributed by atoms with E-state index in [9.17, 15) is 4.79 Å². The van der Waals surface area contributed by atoms with Crippen molar-refractivity contribution in [2.45, 2.75) is 6.54 Å². The zero-order chi connectivity index (χ0) is 47.7. The van der Waals surface area contributed by atoms with E-state index in [-0.39, 0.29) is 5.91 Å². The van der Waals surface area contributed by atoms with E-state index in [2.05, 4.69) is 152 Å². The van der Waals surface area contributed by atoms with Gasteiger partial charge in [0, 0.05) is 73.2 Å². The van der Waals surface area contributed by atoms with Gasteiger partial charge in [-0.1, -0.05) is 139 Å². The standard InChI is InChI=1S/C63H43N7O/c1-2-41-25-27-43(28-26-41)58-38-64-40-70(58)39-42-15-14-22-47(37-42)63(71)69-49-24-13-12-23-48(49)62-56-35-33-54(67-56)60(45-18-8-4-9-19-45)52-31-29-50(65-52)59(44-16-6-3-7-17-44)51-30-32-53(66-51)61(46-20-10-5-11-21-46)55-34-36-57(62)68-55/h1,3-38,40,65,68H,39H2,(H,69,71). The molecule has 3 N–H and O–H groups in total. The van der Waals surface area contributed by atoms with Gasteiger partial charge in [-0.15, -0.1) is 6.42 Å². The van der Waals surface area contributed by atoms with Gasteiger partial charge in [0.2, 0.25) is 0 Å². The number of imidazole rings is 1. The molecule has 0 spiro atoms. The molecule has 336 valence electrons.